The van der Waals surface area contributed by atoms with E-state index in [1.807, 2.05) is 18.2 Å². The van der Waals surface area contributed by atoms with Crippen LogP contribution in [0, 0.1) is 13.8 Å². The van der Waals surface area contributed by atoms with Gasteiger partial charge in [0.05, 0.1) is 30.4 Å². The molecule has 5 rings (SSSR count). The number of anilines is 2. The average molecular weight is 623 g/mol. The average Bonchev–Trinajstić information content (AvgIpc) is 3.49. The number of H-pyrrole nitrogens is 1. The van der Waals surface area contributed by atoms with Crippen LogP contribution in [-0.2, 0) is 17.8 Å². The monoisotopic (exact) mass is 622 g/mol. The minimum absolute atomic E-state index is 0.204. The number of aromatic nitrogens is 2. The first-order valence-corrected chi connectivity index (χ1v) is 15.4. The molecular formula is C33H39ClN4O4S. The third kappa shape index (κ3) is 8.19. The second-order valence-electron chi connectivity index (χ2n) is 11.0. The zero-order valence-electron chi connectivity index (χ0n) is 25.6. The van der Waals surface area contributed by atoms with Gasteiger partial charge in [0.25, 0.3) is 12.4 Å². The number of halogens is 1. The Labute approximate surface area is 262 Å². The highest BCUT2D eigenvalue weighted by Crippen LogP contribution is 2.50. The highest BCUT2D eigenvalue weighted by atomic mass is 35.5. The first-order valence-electron chi connectivity index (χ1n) is 13.8. The molecule has 0 bridgehead atoms. The molecule has 8 nitrogen and oxygen atoms in total. The maximum Gasteiger partial charge on any atom is 0.290 e. The zero-order chi connectivity index (χ0) is 31.9. The molecule has 0 saturated carbocycles. The summed E-state index contributed by atoms with van der Waals surface area (Å²) in [5.41, 5.74) is 12.1. The Balaban J connectivity index is 0.000000566. The lowest BCUT2D eigenvalue weighted by Gasteiger charge is -2.36. The summed E-state index contributed by atoms with van der Waals surface area (Å²) in [6.07, 6.45) is 6.09. The lowest BCUT2D eigenvalue weighted by Crippen LogP contribution is -2.22. The number of benzene rings is 3. The number of carbonyl (C=O) groups excluding carboxylic acids is 1. The number of hydrogen-bond donors (Lipinski definition) is 4. The normalized spacial score (nSPS) is 11.7. The van der Waals surface area contributed by atoms with Crippen molar-refractivity contribution in [2.45, 2.75) is 60.1 Å². The Morgan fingerprint density at radius 1 is 1.14 bits per heavy atom. The van der Waals surface area contributed by atoms with E-state index in [0.29, 0.717) is 5.69 Å². The van der Waals surface area contributed by atoms with Crippen LogP contribution < -0.4 is 9.62 Å². The molecule has 1 aliphatic rings. The summed E-state index contributed by atoms with van der Waals surface area (Å²) < 4.78 is 2.37. The van der Waals surface area contributed by atoms with Crippen molar-refractivity contribution >= 4 is 47.3 Å². The van der Waals surface area contributed by atoms with Gasteiger partial charge in [0.1, 0.15) is 5.69 Å². The number of fused-ring (bicyclic) bond motifs is 3. The van der Waals surface area contributed by atoms with Crippen LogP contribution in [0.4, 0.5) is 11.4 Å². The molecule has 228 valence electrons. The van der Waals surface area contributed by atoms with Crippen LogP contribution in [0.2, 0.25) is 5.02 Å². The van der Waals surface area contributed by atoms with E-state index >= 15 is 0 Å². The number of nitrogens with zero attached hydrogens (tertiary/aromatic N) is 2. The number of hydrogen-bond acceptors (Lipinski definition) is 6. The molecule has 1 aromatic heterocycles. The fourth-order valence-electron chi connectivity index (χ4n) is 5.15. The first-order chi connectivity index (χ1) is 20.3. The molecule has 0 radical (unpaired) electrons. The highest BCUT2D eigenvalue weighted by Gasteiger charge is 2.29. The van der Waals surface area contributed by atoms with Crippen molar-refractivity contribution in [2.75, 3.05) is 15.9 Å². The van der Waals surface area contributed by atoms with E-state index in [0.717, 1.165) is 23.7 Å². The Morgan fingerprint density at radius 3 is 2.30 bits per heavy atom. The fourth-order valence-corrected chi connectivity index (χ4v) is 5.96. The Bertz CT molecular complexity index is 1560. The third-order valence-electron chi connectivity index (χ3n) is 6.74. The predicted octanol–water partition coefficient (Wildman–Crippen LogP) is 7.90. The molecule has 3 aromatic carbocycles. The van der Waals surface area contributed by atoms with E-state index < -0.39 is 5.60 Å². The SMILES string of the molecule is CC(C)(C)O.CCc1c(C)c2c(c(C)c1-c1ccc(Cl)cc1)-c1ccc(NC(=O)c3cnc[nH]3)cc1CN2SC.O=CO. The van der Waals surface area contributed by atoms with E-state index in [4.69, 9.17) is 26.6 Å². The second kappa shape index (κ2) is 14.6. The van der Waals surface area contributed by atoms with Gasteiger partial charge in [0.15, 0.2) is 0 Å². The van der Waals surface area contributed by atoms with Crippen LogP contribution in [0.15, 0.2) is 55.0 Å². The molecule has 0 spiro atoms. The number of nitrogens with one attached hydrogen (secondary N) is 2. The van der Waals surface area contributed by atoms with Crippen LogP contribution in [0.3, 0.4) is 0 Å². The van der Waals surface area contributed by atoms with Crippen LogP contribution in [0.5, 0.6) is 0 Å². The fraction of sp³-hybridized carbons (Fsp3) is 0.303. The molecule has 2 heterocycles. The molecule has 4 N–H and O–H groups in total. The molecular weight excluding hydrogens is 584 g/mol. The van der Waals surface area contributed by atoms with Gasteiger partial charge in [0.2, 0.25) is 0 Å². The van der Waals surface area contributed by atoms with Crippen molar-refractivity contribution in [2.24, 2.45) is 0 Å². The van der Waals surface area contributed by atoms with E-state index in [2.05, 4.69) is 70.9 Å². The van der Waals surface area contributed by atoms with Crippen LogP contribution in [0.25, 0.3) is 22.3 Å². The standard InChI is InChI=1S/C28H27ClN4OS.C4H10O.CH2O2/c1-5-22-16(2)27-26(17(3)25(22)18-6-8-20(29)9-7-18)23-11-10-21(12-19(23)14-33(27)35-4)32-28(34)24-13-30-15-31-24;1-4(2,3)5;2-1-3/h6-13,15H,5,14H2,1-4H3,(H,30,31)(H,32,34);5H,1-3H3;1H,(H,2,3). The van der Waals surface area contributed by atoms with Crippen molar-refractivity contribution in [1.29, 1.82) is 0 Å². The number of imidazole rings is 1. The second-order valence-corrected chi connectivity index (χ2v) is 12.2. The van der Waals surface area contributed by atoms with E-state index in [1.54, 1.807) is 32.7 Å². The molecule has 0 fully saturated rings. The van der Waals surface area contributed by atoms with Crippen LogP contribution >= 0.6 is 23.5 Å². The number of aromatic amines is 1. The molecule has 1 aliphatic heterocycles. The van der Waals surface area contributed by atoms with Crippen molar-refractivity contribution in [1.82, 2.24) is 9.97 Å². The highest BCUT2D eigenvalue weighted by molar-refractivity contribution is 7.99. The molecule has 0 unspecified atom stereocenters. The lowest BCUT2D eigenvalue weighted by atomic mass is 9.81. The van der Waals surface area contributed by atoms with Crippen LogP contribution in [0.1, 0.15) is 60.4 Å². The van der Waals surface area contributed by atoms with Gasteiger partial charge in [-0.05, 0) is 104 Å². The van der Waals surface area contributed by atoms with Crippen molar-refractivity contribution < 1.29 is 19.8 Å². The maximum absolute atomic E-state index is 12.6. The molecule has 10 heteroatoms. The molecule has 1 amide bonds. The predicted molar refractivity (Wildman–Crippen MR) is 178 cm³/mol. The number of carbonyl (C=O) groups is 2. The van der Waals surface area contributed by atoms with E-state index in [1.165, 1.54) is 62.7 Å². The number of aliphatic hydroxyl groups is 1. The van der Waals surface area contributed by atoms with Gasteiger partial charge in [0, 0.05) is 22.5 Å². The van der Waals surface area contributed by atoms with Gasteiger partial charge < -0.3 is 24.8 Å². The summed E-state index contributed by atoms with van der Waals surface area (Å²) in [7, 11) is 0. The van der Waals surface area contributed by atoms with Crippen molar-refractivity contribution in [3.8, 4) is 22.3 Å². The number of amides is 1. The summed E-state index contributed by atoms with van der Waals surface area (Å²) in [6, 6.07) is 14.3. The summed E-state index contributed by atoms with van der Waals surface area (Å²) >= 11 is 7.93. The van der Waals surface area contributed by atoms with Gasteiger partial charge in [-0.3, -0.25) is 9.59 Å². The van der Waals surface area contributed by atoms with Gasteiger partial charge >= 0.3 is 0 Å². The summed E-state index contributed by atoms with van der Waals surface area (Å²) in [6.45, 7) is 12.4. The summed E-state index contributed by atoms with van der Waals surface area (Å²) in [4.78, 5) is 27.7. The molecule has 0 saturated heterocycles. The zero-order valence-corrected chi connectivity index (χ0v) is 27.2. The van der Waals surface area contributed by atoms with Gasteiger partial charge in [-0.2, -0.15) is 0 Å². The topological polar surface area (TPSA) is 119 Å². The van der Waals surface area contributed by atoms with Gasteiger partial charge in [-0.1, -0.05) is 48.7 Å². The largest absolute Gasteiger partial charge is 0.483 e. The lowest BCUT2D eigenvalue weighted by molar-refractivity contribution is -0.122. The molecule has 4 aromatic rings. The van der Waals surface area contributed by atoms with E-state index in [9.17, 15) is 4.79 Å². The number of rotatable bonds is 5. The van der Waals surface area contributed by atoms with E-state index in [-0.39, 0.29) is 12.4 Å². The quantitative estimate of drug-likeness (QED) is 0.132. The number of carboxylic acid groups (broad SMARTS) is 1. The summed E-state index contributed by atoms with van der Waals surface area (Å²) in [5.74, 6) is -0.204. The Hall–Kier alpha value is -3.79. The summed E-state index contributed by atoms with van der Waals surface area (Å²) in [5, 5.41) is 19.1. The Kier molecular flexibility index (Phi) is 11.4. The van der Waals surface area contributed by atoms with Crippen LogP contribution in [-0.4, -0.2) is 44.4 Å². The minimum atomic E-state index is -0.500. The maximum atomic E-state index is 12.6. The molecule has 0 aliphatic carbocycles. The first kappa shape index (κ1) is 33.7. The van der Waals surface area contributed by atoms with Gasteiger partial charge in [-0.15, -0.1) is 0 Å². The smallest absolute Gasteiger partial charge is 0.290 e. The Morgan fingerprint density at radius 2 is 1.77 bits per heavy atom. The third-order valence-corrected chi connectivity index (χ3v) is 7.75. The molecule has 43 heavy (non-hydrogen) atoms. The van der Waals surface area contributed by atoms with Crippen molar-refractivity contribution in [3.05, 3.63) is 88.0 Å². The van der Waals surface area contributed by atoms with Gasteiger partial charge in [-0.25, -0.2) is 4.98 Å². The minimum Gasteiger partial charge on any atom is -0.483 e. The van der Waals surface area contributed by atoms with Crippen molar-refractivity contribution in [3.63, 3.8) is 0 Å². The molecule has 0 atom stereocenters.